The van der Waals surface area contributed by atoms with Gasteiger partial charge in [-0.25, -0.2) is 4.68 Å². The van der Waals surface area contributed by atoms with Crippen LogP contribution in [0.1, 0.15) is 21.6 Å². The molecule has 1 heterocycles. The minimum Gasteiger partial charge on any atom is -0.484 e. The highest BCUT2D eigenvalue weighted by Crippen LogP contribution is 2.12. The Bertz CT molecular complexity index is 1020. The molecule has 0 bridgehead atoms. The summed E-state index contributed by atoms with van der Waals surface area (Å²) < 4.78 is 7.05. The third kappa shape index (κ3) is 4.53. The number of nitriles is 1. The SMILES string of the molecule is Cc1ccnn1-c1ccc(C(=O)NNC(=O)COc2ccc(C#N)cc2)cc1. The monoisotopic (exact) mass is 375 g/mol. The number of benzene rings is 2. The summed E-state index contributed by atoms with van der Waals surface area (Å²) in [6, 6.07) is 17.1. The topological polar surface area (TPSA) is 109 Å². The quantitative estimate of drug-likeness (QED) is 0.662. The normalized spacial score (nSPS) is 10.0. The second-order valence-electron chi connectivity index (χ2n) is 5.86. The van der Waals surface area contributed by atoms with Gasteiger partial charge in [-0.2, -0.15) is 10.4 Å². The highest BCUT2D eigenvalue weighted by Gasteiger charge is 2.09. The van der Waals surface area contributed by atoms with Crippen LogP contribution >= 0.6 is 0 Å². The Hall–Kier alpha value is -4.12. The second-order valence-corrected chi connectivity index (χ2v) is 5.86. The van der Waals surface area contributed by atoms with Gasteiger partial charge in [0.25, 0.3) is 11.8 Å². The van der Waals surface area contributed by atoms with Crippen LogP contribution in [0.2, 0.25) is 0 Å². The highest BCUT2D eigenvalue weighted by molar-refractivity contribution is 5.95. The number of nitrogens with zero attached hydrogens (tertiary/aromatic N) is 3. The van der Waals surface area contributed by atoms with Crippen molar-refractivity contribution >= 4 is 11.8 Å². The summed E-state index contributed by atoms with van der Waals surface area (Å²) in [5, 5.41) is 12.9. The summed E-state index contributed by atoms with van der Waals surface area (Å²) in [7, 11) is 0. The lowest BCUT2D eigenvalue weighted by Gasteiger charge is -2.09. The van der Waals surface area contributed by atoms with Crippen molar-refractivity contribution in [2.24, 2.45) is 0 Å². The number of amides is 2. The smallest absolute Gasteiger partial charge is 0.276 e. The first-order valence-corrected chi connectivity index (χ1v) is 8.40. The van der Waals surface area contributed by atoms with Gasteiger partial charge in [-0.1, -0.05) is 0 Å². The van der Waals surface area contributed by atoms with Crippen molar-refractivity contribution in [3.05, 3.63) is 77.6 Å². The molecule has 0 aliphatic heterocycles. The van der Waals surface area contributed by atoms with Gasteiger partial charge in [0.1, 0.15) is 5.75 Å². The zero-order valence-electron chi connectivity index (χ0n) is 15.0. The second kappa shape index (κ2) is 8.51. The fourth-order valence-corrected chi connectivity index (χ4v) is 2.40. The van der Waals surface area contributed by atoms with Gasteiger partial charge in [0.05, 0.1) is 17.3 Å². The first kappa shape index (κ1) is 18.7. The average Bonchev–Trinajstić information content (AvgIpc) is 3.16. The molecule has 28 heavy (non-hydrogen) atoms. The van der Waals surface area contributed by atoms with Crippen molar-refractivity contribution in [1.82, 2.24) is 20.6 Å². The Morgan fingerprint density at radius 3 is 2.39 bits per heavy atom. The summed E-state index contributed by atoms with van der Waals surface area (Å²) >= 11 is 0. The van der Waals surface area contributed by atoms with Gasteiger partial charge in [0, 0.05) is 17.5 Å². The zero-order valence-corrected chi connectivity index (χ0v) is 15.0. The Labute approximate surface area is 161 Å². The number of rotatable bonds is 5. The molecular weight excluding hydrogens is 358 g/mol. The van der Waals surface area contributed by atoms with E-state index >= 15 is 0 Å². The Balaban J connectivity index is 1.48. The Kier molecular flexibility index (Phi) is 5.67. The van der Waals surface area contributed by atoms with Crippen LogP contribution in [0.3, 0.4) is 0 Å². The van der Waals surface area contributed by atoms with Crippen molar-refractivity contribution in [1.29, 1.82) is 5.26 Å². The molecule has 0 saturated heterocycles. The summed E-state index contributed by atoms with van der Waals surface area (Å²) in [6.07, 6.45) is 1.70. The van der Waals surface area contributed by atoms with Crippen LogP contribution in [0, 0.1) is 18.3 Å². The maximum absolute atomic E-state index is 12.1. The summed E-state index contributed by atoms with van der Waals surface area (Å²) in [6.45, 7) is 1.66. The molecule has 0 atom stereocenters. The minimum atomic E-state index is -0.513. The Morgan fingerprint density at radius 1 is 1.07 bits per heavy atom. The number of ether oxygens (including phenoxy) is 1. The van der Waals surface area contributed by atoms with E-state index in [1.165, 1.54) is 0 Å². The van der Waals surface area contributed by atoms with Crippen LogP contribution in [-0.4, -0.2) is 28.2 Å². The number of hydrogen-bond acceptors (Lipinski definition) is 5. The number of nitrogens with one attached hydrogen (secondary N) is 2. The van der Waals surface area contributed by atoms with E-state index < -0.39 is 11.8 Å². The standard InChI is InChI=1S/C20H17N5O3/c1-14-10-11-22-25(14)17-6-4-16(5-7-17)20(27)24-23-19(26)13-28-18-8-2-15(12-21)3-9-18/h2-11H,13H2,1H3,(H,23,26)(H,24,27). The number of aryl methyl sites for hydroxylation is 1. The molecule has 3 rings (SSSR count). The first-order valence-electron chi connectivity index (χ1n) is 8.40. The van der Waals surface area contributed by atoms with E-state index in [0.29, 0.717) is 16.9 Å². The zero-order chi connectivity index (χ0) is 19.9. The van der Waals surface area contributed by atoms with Crippen LogP contribution in [0.5, 0.6) is 5.75 Å². The third-order valence-corrected chi connectivity index (χ3v) is 3.87. The fraction of sp³-hybridized carbons (Fsp3) is 0.100. The van der Waals surface area contributed by atoms with Gasteiger partial charge in [-0.15, -0.1) is 0 Å². The molecule has 0 fully saturated rings. The predicted molar refractivity (Wildman–Crippen MR) is 101 cm³/mol. The van der Waals surface area contributed by atoms with Gasteiger partial charge in [0.2, 0.25) is 0 Å². The van der Waals surface area contributed by atoms with Crippen molar-refractivity contribution < 1.29 is 14.3 Å². The summed E-state index contributed by atoms with van der Waals surface area (Å²) in [5.74, 6) is -0.512. The first-order chi connectivity index (χ1) is 13.6. The van der Waals surface area contributed by atoms with E-state index in [-0.39, 0.29) is 6.61 Å². The maximum atomic E-state index is 12.1. The molecule has 2 N–H and O–H groups in total. The summed E-state index contributed by atoms with van der Waals surface area (Å²) in [5.41, 5.74) is 7.33. The maximum Gasteiger partial charge on any atom is 0.276 e. The molecular formula is C20H17N5O3. The van der Waals surface area contributed by atoms with E-state index in [0.717, 1.165) is 11.4 Å². The molecule has 0 spiro atoms. The third-order valence-electron chi connectivity index (χ3n) is 3.87. The molecule has 1 aromatic heterocycles. The summed E-state index contributed by atoms with van der Waals surface area (Å²) in [4.78, 5) is 23.9. The molecule has 0 radical (unpaired) electrons. The number of carbonyl (C=O) groups is 2. The van der Waals surface area contributed by atoms with Crippen LogP contribution < -0.4 is 15.6 Å². The predicted octanol–water partition coefficient (Wildman–Crippen LogP) is 1.89. The molecule has 8 nitrogen and oxygen atoms in total. The molecule has 140 valence electrons. The van der Waals surface area contributed by atoms with Crippen molar-refractivity contribution in [3.8, 4) is 17.5 Å². The molecule has 8 heteroatoms. The molecule has 0 aliphatic carbocycles. The lowest BCUT2D eigenvalue weighted by atomic mass is 10.2. The van der Waals surface area contributed by atoms with E-state index in [1.807, 2.05) is 19.1 Å². The van der Waals surface area contributed by atoms with E-state index in [9.17, 15) is 9.59 Å². The van der Waals surface area contributed by atoms with Crippen LogP contribution in [0.15, 0.2) is 60.8 Å². The molecule has 0 unspecified atom stereocenters. The van der Waals surface area contributed by atoms with Gasteiger partial charge in [-0.05, 0) is 61.5 Å². The van der Waals surface area contributed by atoms with E-state index in [4.69, 9.17) is 10.00 Å². The minimum absolute atomic E-state index is 0.274. The van der Waals surface area contributed by atoms with Gasteiger partial charge >= 0.3 is 0 Å². The molecule has 0 aliphatic rings. The lowest BCUT2D eigenvalue weighted by Crippen LogP contribution is -2.43. The molecule has 2 aromatic carbocycles. The number of hydrazine groups is 1. The van der Waals surface area contributed by atoms with Crippen LogP contribution in [0.25, 0.3) is 5.69 Å². The molecule has 2 amide bonds. The van der Waals surface area contributed by atoms with Gasteiger partial charge < -0.3 is 4.74 Å². The van der Waals surface area contributed by atoms with E-state index in [1.54, 1.807) is 59.4 Å². The highest BCUT2D eigenvalue weighted by atomic mass is 16.5. The van der Waals surface area contributed by atoms with Crippen molar-refractivity contribution in [2.45, 2.75) is 6.92 Å². The Morgan fingerprint density at radius 2 is 1.79 bits per heavy atom. The fourth-order valence-electron chi connectivity index (χ4n) is 2.40. The number of aromatic nitrogens is 2. The van der Waals surface area contributed by atoms with Gasteiger partial charge in [-0.3, -0.25) is 20.4 Å². The number of carbonyl (C=O) groups excluding carboxylic acids is 2. The van der Waals surface area contributed by atoms with E-state index in [2.05, 4.69) is 16.0 Å². The largest absolute Gasteiger partial charge is 0.484 e. The number of hydrogen-bond donors (Lipinski definition) is 2. The van der Waals surface area contributed by atoms with Crippen molar-refractivity contribution in [2.75, 3.05) is 6.61 Å². The van der Waals surface area contributed by atoms with Crippen molar-refractivity contribution in [3.63, 3.8) is 0 Å². The van der Waals surface area contributed by atoms with Crippen LogP contribution in [0.4, 0.5) is 0 Å². The van der Waals surface area contributed by atoms with Gasteiger partial charge in [0.15, 0.2) is 6.61 Å². The van der Waals surface area contributed by atoms with Crippen LogP contribution in [-0.2, 0) is 4.79 Å². The average molecular weight is 375 g/mol. The lowest BCUT2D eigenvalue weighted by molar-refractivity contribution is -0.123. The molecule has 0 saturated carbocycles. The molecule has 3 aromatic rings.